The second-order valence-corrected chi connectivity index (χ2v) is 18.8. The molecule has 1 aliphatic rings. The molecule has 4 N–H and O–H groups in total. The maximum Gasteiger partial charge on any atom is 0.397 e. The molecule has 0 aromatic rings. The van der Waals surface area contributed by atoms with E-state index in [9.17, 15) is 33.1 Å². The van der Waals surface area contributed by atoms with Crippen LogP contribution in [0, 0.1) is 0 Å². The number of allylic oxidation sites excluding steroid dienone is 2. The molecule has 0 aromatic carbocycles. The lowest BCUT2D eigenvalue weighted by Crippen LogP contribution is -2.60. The third-order valence-corrected chi connectivity index (χ3v) is 12.4. The van der Waals surface area contributed by atoms with Gasteiger partial charge < -0.3 is 34.3 Å². The third-order valence-electron chi connectivity index (χ3n) is 11.9. The van der Waals surface area contributed by atoms with E-state index < -0.39 is 59.8 Å². The molecule has 13 heteroatoms. The van der Waals surface area contributed by atoms with Gasteiger partial charge in [-0.2, -0.15) is 8.42 Å². The number of hydrogen-bond acceptors (Lipinski definition) is 11. The molecule has 1 heterocycles. The van der Waals surface area contributed by atoms with Crippen LogP contribution in [0.4, 0.5) is 0 Å². The molecule has 0 bridgehead atoms. The van der Waals surface area contributed by atoms with E-state index in [1.807, 2.05) is 0 Å². The fourth-order valence-corrected chi connectivity index (χ4v) is 8.53. The van der Waals surface area contributed by atoms with Gasteiger partial charge in [-0.3, -0.25) is 9.35 Å². The van der Waals surface area contributed by atoms with Crippen molar-refractivity contribution < 1.29 is 56.2 Å². The van der Waals surface area contributed by atoms with Crippen LogP contribution in [0.1, 0.15) is 232 Å². The molecule has 6 unspecified atom stereocenters. The highest BCUT2D eigenvalue weighted by Crippen LogP contribution is 2.26. The first-order valence-electron chi connectivity index (χ1n) is 25.4. The van der Waals surface area contributed by atoms with Crippen LogP contribution in [-0.4, -0.2) is 97.5 Å². The van der Waals surface area contributed by atoms with Gasteiger partial charge >= 0.3 is 16.4 Å². The van der Waals surface area contributed by atoms with Crippen molar-refractivity contribution in [2.24, 2.45) is 0 Å². The number of unbranched alkanes of at least 4 members (excludes halogenated alkanes) is 30. The SMILES string of the molecule is CCCCCC/C=C\CCCCCCCC(=O)OC(COCCCCCCCCCCCCCCCCCCCCCCCC)COC1OC(CO)C(O)C(OS(=O)(=O)O)C1O. The number of aliphatic hydroxyl groups excluding tert-OH is 3. The Labute approximate surface area is 379 Å². The normalized spacial score (nSPS) is 20.0. The Morgan fingerprint density at radius 1 is 0.597 bits per heavy atom. The van der Waals surface area contributed by atoms with E-state index in [0.717, 1.165) is 57.8 Å². The Hall–Kier alpha value is -1.16. The van der Waals surface area contributed by atoms with E-state index in [0.29, 0.717) is 13.0 Å². The van der Waals surface area contributed by atoms with Crippen molar-refractivity contribution in [2.75, 3.05) is 26.4 Å². The predicted molar refractivity (Wildman–Crippen MR) is 248 cm³/mol. The molecule has 0 amide bonds. The van der Waals surface area contributed by atoms with Crippen LogP contribution in [0.3, 0.4) is 0 Å². The van der Waals surface area contributed by atoms with Gasteiger partial charge in [0.05, 0.1) is 19.8 Å². The molecule has 12 nitrogen and oxygen atoms in total. The van der Waals surface area contributed by atoms with Gasteiger partial charge in [-0.1, -0.05) is 199 Å². The summed E-state index contributed by atoms with van der Waals surface area (Å²) in [4.78, 5) is 12.9. The number of carbonyl (C=O) groups is 1. The molecule has 0 aliphatic carbocycles. The minimum Gasteiger partial charge on any atom is -0.457 e. The molecule has 0 saturated carbocycles. The molecule has 1 saturated heterocycles. The second-order valence-electron chi connectivity index (χ2n) is 17.8. The lowest BCUT2D eigenvalue weighted by atomic mass is 9.99. The van der Waals surface area contributed by atoms with Crippen LogP contribution < -0.4 is 0 Å². The molecule has 1 fully saturated rings. The zero-order chi connectivity index (χ0) is 45.4. The van der Waals surface area contributed by atoms with Crippen LogP contribution in [0.5, 0.6) is 0 Å². The zero-order valence-corrected chi connectivity index (χ0v) is 40.3. The lowest BCUT2D eigenvalue weighted by molar-refractivity contribution is -0.301. The fourth-order valence-electron chi connectivity index (χ4n) is 8.02. The van der Waals surface area contributed by atoms with Gasteiger partial charge in [0.2, 0.25) is 0 Å². The van der Waals surface area contributed by atoms with Crippen molar-refractivity contribution in [1.29, 1.82) is 0 Å². The Kier molecular flexibility index (Phi) is 39.2. The number of esters is 1. The minimum atomic E-state index is -5.06. The maximum atomic E-state index is 12.9. The van der Waals surface area contributed by atoms with E-state index >= 15 is 0 Å². The average Bonchev–Trinajstić information content (AvgIpc) is 3.24. The molecular weight excluding hydrogens is 813 g/mol. The molecule has 0 aromatic heterocycles. The largest absolute Gasteiger partial charge is 0.457 e. The van der Waals surface area contributed by atoms with E-state index in [1.165, 1.54) is 148 Å². The summed E-state index contributed by atoms with van der Waals surface area (Å²) in [5, 5.41) is 30.7. The van der Waals surface area contributed by atoms with Crippen molar-refractivity contribution in [3.63, 3.8) is 0 Å². The quantitative estimate of drug-likeness (QED) is 0.0197. The number of hydrogen-bond donors (Lipinski definition) is 4. The van der Waals surface area contributed by atoms with Crippen LogP contribution in [0.25, 0.3) is 0 Å². The van der Waals surface area contributed by atoms with Crippen LogP contribution in [0.15, 0.2) is 12.2 Å². The van der Waals surface area contributed by atoms with Gasteiger partial charge in [0.25, 0.3) is 0 Å². The molecule has 62 heavy (non-hydrogen) atoms. The van der Waals surface area contributed by atoms with E-state index in [-0.39, 0.29) is 19.6 Å². The van der Waals surface area contributed by atoms with Crippen molar-refractivity contribution >= 4 is 16.4 Å². The van der Waals surface area contributed by atoms with Crippen molar-refractivity contribution in [3.05, 3.63) is 12.2 Å². The number of carbonyl (C=O) groups excluding carboxylic acids is 1. The van der Waals surface area contributed by atoms with Gasteiger partial charge in [0.1, 0.15) is 30.5 Å². The van der Waals surface area contributed by atoms with E-state index in [1.54, 1.807) is 0 Å². The van der Waals surface area contributed by atoms with Gasteiger partial charge in [-0.25, -0.2) is 4.18 Å². The highest BCUT2D eigenvalue weighted by Gasteiger charge is 2.48. The highest BCUT2D eigenvalue weighted by atomic mass is 32.3. The second kappa shape index (κ2) is 41.3. The molecule has 0 spiro atoms. The first-order valence-corrected chi connectivity index (χ1v) is 26.8. The van der Waals surface area contributed by atoms with Gasteiger partial charge in [-0.05, 0) is 38.5 Å². The summed E-state index contributed by atoms with van der Waals surface area (Å²) in [6, 6.07) is 0. The van der Waals surface area contributed by atoms with Gasteiger partial charge in [0.15, 0.2) is 6.29 Å². The summed E-state index contributed by atoms with van der Waals surface area (Å²) in [6.07, 6.45) is 36.8. The number of rotatable bonds is 45. The number of ether oxygens (including phenoxy) is 4. The Morgan fingerprint density at radius 3 is 1.47 bits per heavy atom. The molecule has 6 atom stereocenters. The first-order chi connectivity index (χ1) is 30.1. The van der Waals surface area contributed by atoms with Crippen LogP contribution >= 0.6 is 0 Å². The maximum absolute atomic E-state index is 12.9. The van der Waals surface area contributed by atoms with Crippen LogP contribution in [0.2, 0.25) is 0 Å². The molecule has 1 rings (SSSR count). The topological polar surface area (TPSA) is 178 Å². The summed E-state index contributed by atoms with van der Waals surface area (Å²) in [7, 11) is -5.06. The molecule has 368 valence electrons. The predicted octanol–water partition coefficient (Wildman–Crippen LogP) is 11.4. The summed E-state index contributed by atoms with van der Waals surface area (Å²) in [6.45, 7) is 4.01. The molecule has 1 aliphatic heterocycles. The summed E-state index contributed by atoms with van der Waals surface area (Å²) < 4.78 is 59.2. The smallest absolute Gasteiger partial charge is 0.397 e. The van der Waals surface area contributed by atoms with Crippen LogP contribution in [-0.2, 0) is 38.3 Å². The fraction of sp³-hybridized carbons (Fsp3) is 0.939. The van der Waals surface area contributed by atoms with Crippen molar-refractivity contribution in [2.45, 2.75) is 269 Å². The Balaban J connectivity index is 2.32. The monoisotopic (exact) mass is 907 g/mol. The van der Waals surface area contributed by atoms with Gasteiger partial charge in [-0.15, -0.1) is 0 Å². The zero-order valence-electron chi connectivity index (χ0n) is 39.5. The van der Waals surface area contributed by atoms with E-state index in [4.69, 9.17) is 18.9 Å². The molecular formula is C49H94O12S. The standard InChI is InChI=1S/C49H94O12S/c1-3-5-7-9-11-13-15-17-18-19-20-21-22-23-24-25-27-29-31-33-35-37-39-57-41-43(42-58-49-47(53)48(61-62(54,55)56)46(52)44(40-50)60-49)59-45(51)38-36-34-32-30-28-26-16-14-12-10-8-6-4-2/h14,16,43-44,46-50,52-53H,3-13,15,17-42H2,1-2H3,(H,54,55,56)/b16-14-. The average molecular weight is 907 g/mol. The summed E-state index contributed by atoms with van der Waals surface area (Å²) in [5.74, 6) is -0.404. The highest BCUT2D eigenvalue weighted by molar-refractivity contribution is 7.80. The van der Waals surface area contributed by atoms with Gasteiger partial charge in [0, 0.05) is 13.0 Å². The van der Waals surface area contributed by atoms with Crippen molar-refractivity contribution in [3.8, 4) is 0 Å². The van der Waals surface area contributed by atoms with E-state index in [2.05, 4.69) is 30.2 Å². The third kappa shape index (κ3) is 34.2. The Morgan fingerprint density at radius 2 is 1.02 bits per heavy atom. The minimum absolute atomic E-state index is 0.0386. The Bertz CT molecular complexity index is 1140. The molecule has 0 radical (unpaired) electrons. The lowest BCUT2D eigenvalue weighted by Gasteiger charge is -2.41. The van der Waals surface area contributed by atoms with Crippen molar-refractivity contribution in [1.82, 2.24) is 0 Å². The summed E-state index contributed by atoms with van der Waals surface area (Å²) >= 11 is 0. The number of aliphatic hydroxyl groups is 3. The summed E-state index contributed by atoms with van der Waals surface area (Å²) in [5.41, 5.74) is 0. The first kappa shape index (κ1) is 58.9.